The lowest BCUT2D eigenvalue weighted by atomic mass is 10.0. The van der Waals surface area contributed by atoms with E-state index < -0.39 is 0 Å². The Morgan fingerprint density at radius 1 is 1.00 bits per heavy atom. The summed E-state index contributed by atoms with van der Waals surface area (Å²) in [7, 11) is 0. The van der Waals surface area contributed by atoms with Gasteiger partial charge in [-0.2, -0.15) is 0 Å². The molecule has 2 unspecified atom stereocenters. The van der Waals surface area contributed by atoms with Crippen LogP contribution < -0.4 is 11.1 Å². The predicted octanol–water partition coefficient (Wildman–Crippen LogP) is 4.29. The molecule has 4 heteroatoms. The van der Waals surface area contributed by atoms with Gasteiger partial charge in [0.25, 0.3) is 0 Å². The van der Waals surface area contributed by atoms with Gasteiger partial charge in [0.2, 0.25) is 0 Å². The zero-order valence-electron chi connectivity index (χ0n) is 14.4. The minimum absolute atomic E-state index is 0.156. The molecule has 2 aromatic carbocycles. The zero-order chi connectivity index (χ0) is 17.1. The molecular weight excluding hydrogens is 326 g/mol. The van der Waals surface area contributed by atoms with Crippen molar-refractivity contribution in [1.82, 2.24) is 10.2 Å². The molecule has 1 fully saturated rings. The van der Waals surface area contributed by atoms with Gasteiger partial charge in [0, 0.05) is 11.4 Å². The molecule has 0 bridgehead atoms. The van der Waals surface area contributed by atoms with Crippen LogP contribution in [0.2, 0.25) is 0 Å². The summed E-state index contributed by atoms with van der Waals surface area (Å²) >= 11 is 1.85. The largest absolute Gasteiger partial charge is 0.312 e. The van der Waals surface area contributed by atoms with Crippen molar-refractivity contribution in [2.45, 2.75) is 25.0 Å². The maximum atomic E-state index is 6.54. The van der Waals surface area contributed by atoms with Gasteiger partial charge in [0.15, 0.2) is 0 Å². The van der Waals surface area contributed by atoms with Gasteiger partial charge in [-0.25, -0.2) is 0 Å². The highest BCUT2D eigenvalue weighted by Crippen LogP contribution is 2.29. The van der Waals surface area contributed by atoms with Crippen molar-refractivity contribution in [3.63, 3.8) is 0 Å². The van der Waals surface area contributed by atoms with Crippen molar-refractivity contribution in [2.75, 3.05) is 19.6 Å². The van der Waals surface area contributed by atoms with E-state index in [9.17, 15) is 0 Å². The normalized spacial score (nSPS) is 17.8. The summed E-state index contributed by atoms with van der Waals surface area (Å²) < 4.78 is 0. The highest BCUT2D eigenvalue weighted by molar-refractivity contribution is 7.10. The van der Waals surface area contributed by atoms with Gasteiger partial charge in [0.05, 0.1) is 12.2 Å². The molecule has 25 heavy (non-hydrogen) atoms. The third kappa shape index (κ3) is 3.62. The lowest BCUT2D eigenvalue weighted by Gasteiger charge is -2.28. The Bertz CT molecular complexity index is 804. The van der Waals surface area contributed by atoms with Gasteiger partial charge in [-0.15, -0.1) is 11.3 Å². The van der Waals surface area contributed by atoms with E-state index in [2.05, 4.69) is 70.2 Å². The third-order valence-corrected chi connectivity index (χ3v) is 6.12. The average molecular weight is 352 g/mol. The summed E-state index contributed by atoms with van der Waals surface area (Å²) in [6.07, 6.45) is 2.45. The number of thiophene rings is 1. The monoisotopic (exact) mass is 351 g/mol. The quantitative estimate of drug-likeness (QED) is 0.651. The second-order valence-corrected chi connectivity index (χ2v) is 7.71. The fourth-order valence-electron chi connectivity index (χ4n) is 3.81. The summed E-state index contributed by atoms with van der Waals surface area (Å²) in [4.78, 5) is 4.02. The molecule has 1 aromatic heterocycles. The molecule has 2 atom stereocenters. The van der Waals surface area contributed by atoms with Crippen molar-refractivity contribution in [3.05, 3.63) is 70.4 Å². The van der Waals surface area contributed by atoms with Gasteiger partial charge >= 0.3 is 0 Å². The van der Waals surface area contributed by atoms with Crippen LogP contribution in [0.15, 0.2) is 60.0 Å². The smallest absolute Gasteiger partial charge is 0.0816 e. The molecule has 0 radical (unpaired) electrons. The van der Waals surface area contributed by atoms with Crippen LogP contribution in [-0.4, -0.2) is 24.5 Å². The Morgan fingerprint density at radius 3 is 2.60 bits per heavy atom. The van der Waals surface area contributed by atoms with Crippen LogP contribution in [0.25, 0.3) is 10.8 Å². The van der Waals surface area contributed by atoms with E-state index in [1.165, 1.54) is 47.1 Å². The summed E-state index contributed by atoms with van der Waals surface area (Å²) in [5.74, 6) is 0. The molecule has 4 rings (SSSR count). The van der Waals surface area contributed by atoms with Gasteiger partial charge in [0.1, 0.15) is 0 Å². The summed E-state index contributed by atoms with van der Waals surface area (Å²) in [6.45, 7) is 3.26. The van der Waals surface area contributed by atoms with E-state index in [0.29, 0.717) is 6.04 Å². The van der Waals surface area contributed by atoms with Crippen molar-refractivity contribution in [2.24, 2.45) is 5.73 Å². The van der Waals surface area contributed by atoms with Crippen LogP contribution in [0.3, 0.4) is 0 Å². The van der Waals surface area contributed by atoms with Crippen LogP contribution in [-0.2, 0) is 0 Å². The van der Waals surface area contributed by atoms with Crippen molar-refractivity contribution >= 4 is 22.1 Å². The number of benzene rings is 2. The Kier molecular flexibility index (Phi) is 5.13. The van der Waals surface area contributed by atoms with Gasteiger partial charge in [-0.1, -0.05) is 48.5 Å². The maximum Gasteiger partial charge on any atom is 0.0816 e. The van der Waals surface area contributed by atoms with Crippen LogP contribution in [0.5, 0.6) is 0 Å². The Balaban J connectivity index is 1.52. The zero-order valence-corrected chi connectivity index (χ0v) is 15.2. The minimum atomic E-state index is -0.156. The number of rotatable bonds is 6. The highest BCUT2D eigenvalue weighted by atomic mass is 32.1. The van der Waals surface area contributed by atoms with Crippen LogP contribution in [0, 0.1) is 0 Å². The van der Waals surface area contributed by atoms with Gasteiger partial charge in [-0.3, -0.25) is 10.2 Å². The molecule has 0 aliphatic carbocycles. The Morgan fingerprint density at radius 2 is 1.80 bits per heavy atom. The lowest BCUT2D eigenvalue weighted by molar-refractivity contribution is 0.236. The first-order valence-electron chi connectivity index (χ1n) is 9.07. The number of nitrogens with two attached hydrogens (primary N) is 1. The van der Waals surface area contributed by atoms with Crippen molar-refractivity contribution in [3.8, 4) is 0 Å². The fourth-order valence-corrected chi connectivity index (χ4v) is 4.67. The molecule has 0 amide bonds. The average Bonchev–Trinajstić information content (AvgIpc) is 3.36. The van der Waals surface area contributed by atoms with Crippen LogP contribution >= 0.6 is 11.3 Å². The first-order valence-corrected chi connectivity index (χ1v) is 9.95. The molecule has 1 aliphatic rings. The number of fused-ring (bicyclic) bond motifs is 1. The molecule has 0 saturated carbocycles. The lowest BCUT2D eigenvalue weighted by Crippen LogP contribution is -2.38. The highest BCUT2D eigenvalue weighted by Gasteiger charge is 2.24. The van der Waals surface area contributed by atoms with E-state index in [1.807, 2.05) is 11.3 Å². The maximum absolute atomic E-state index is 6.54. The summed E-state index contributed by atoms with van der Waals surface area (Å²) in [6, 6.07) is 19.6. The van der Waals surface area contributed by atoms with Crippen molar-refractivity contribution in [1.29, 1.82) is 0 Å². The number of nitrogens with one attached hydrogen (secondary N) is 1. The minimum Gasteiger partial charge on any atom is -0.312 e. The molecule has 1 aliphatic heterocycles. The van der Waals surface area contributed by atoms with E-state index in [-0.39, 0.29) is 6.17 Å². The van der Waals surface area contributed by atoms with Crippen LogP contribution in [0.4, 0.5) is 0 Å². The number of hydrogen-bond donors (Lipinski definition) is 2. The molecule has 3 aromatic rings. The van der Waals surface area contributed by atoms with Gasteiger partial charge < -0.3 is 5.73 Å². The molecule has 3 nitrogen and oxygen atoms in total. The summed E-state index contributed by atoms with van der Waals surface area (Å²) in [5, 5.41) is 8.25. The standard InChI is InChI=1S/C21H25N3S/c22-21(18-10-5-8-16-7-1-2-9-17(16)18)23-15-19(20-11-6-14-25-20)24-12-3-4-13-24/h1-2,5-11,14,19,21,23H,3-4,12-13,15,22H2. The molecular formula is C21H25N3S. The number of likely N-dealkylation sites (tertiary alicyclic amines) is 1. The predicted molar refractivity (Wildman–Crippen MR) is 107 cm³/mol. The number of hydrogen-bond acceptors (Lipinski definition) is 4. The second kappa shape index (κ2) is 7.67. The first-order chi connectivity index (χ1) is 12.3. The van der Waals surface area contributed by atoms with Gasteiger partial charge in [-0.05, 0) is 53.7 Å². The van der Waals surface area contributed by atoms with E-state index >= 15 is 0 Å². The van der Waals surface area contributed by atoms with E-state index in [1.54, 1.807) is 0 Å². The molecule has 3 N–H and O–H groups in total. The van der Waals surface area contributed by atoms with Crippen LogP contribution in [0.1, 0.15) is 35.5 Å². The number of nitrogens with zero attached hydrogens (tertiary/aromatic N) is 1. The molecule has 1 saturated heterocycles. The fraction of sp³-hybridized carbons (Fsp3) is 0.333. The molecule has 0 spiro atoms. The van der Waals surface area contributed by atoms with Crippen molar-refractivity contribution < 1.29 is 0 Å². The first kappa shape index (κ1) is 16.7. The summed E-state index contributed by atoms with van der Waals surface area (Å²) in [5.41, 5.74) is 7.71. The third-order valence-electron chi connectivity index (χ3n) is 5.14. The Labute approximate surface area is 153 Å². The topological polar surface area (TPSA) is 41.3 Å². The second-order valence-electron chi connectivity index (χ2n) is 6.73. The SMILES string of the molecule is NC(NCC(c1cccs1)N1CCCC1)c1cccc2ccccc12. The van der Waals surface area contributed by atoms with E-state index in [4.69, 9.17) is 5.73 Å². The molecule has 2 heterocycles. The van der Waals surface area contributed by atoms with E-state index in [0.717, 1.165) is 6.54 Å². The Hall–Kier alpha value is -1.72. The molecule has 130 valence electrons.